The first-order valence-electron chi connectivity index (χ1n) is 7.66. The van der Waals surface area contributed by atoms with Crippen LogP contribution in [0.3, 0.4) is 0 Å². The fraction of sp³-hybridized carbons (Fsp3) is 0.350. The third-order valence-electron chi connectivity index (χ3n) is 3.72. The summed E-state index contributed by atoms with van der Waals surface area (Å²) in [5.74, 6) is 0. The highest BCUT2D eigenvalue weighted by atomic mass is 32.2. The van der Waals surface area contributed by atoms with Gasteiger partial charge >= 0.3 is 0 Å². The van der Waals surface area contributed by atoms with Gasteiger partial charge in [0.05, 0.1) is 5.25 Å². The molecule has 1 atom stereocenters. The monoisotopic (exact) mass is 312 g/mol. The predicted molar refractivity (Wildman–Crippen MR) is 95.7 cm³/mol. The maximum Gasteiger partial charge on any atom is 0.133 e. The molecule has 0 bridgehead atoms. The Morgan fingerprint density at radius 2 is 1.59 bits per heavy atom. The zero-order valence-electron chi connectivity index (χ0n) is 13.8. The average molecular weight is 312 g/mol. The average Bonchev–Trinajstić information content (AvgIpc) is 2.48. The van der Waals surface area contributed by atoms with Crippen molar-refractivity contribution in [2.75, 3.05) is 0 Å². The smallest absolute Gasteiger partial charge is 0.133 e. The molecular weight excluding hydrogens is 288 g/mol. The number of carbonyl (C=O) groups excluding carboxylic acids is 1. The Balaban J connectivity index is 2.03. The number of aldehydes is 1. The second-order valence-electron chi connectivity index (χ2n) is 6.76. The van der Waals surface area contributed by atoms with Gasteiger partial charge in [-0.15, -0.1) is 11.8 Å². The van der Waals surface area contributed by atoms with Crippen molar-refractivity contribution < 1.29 is 4.79 Å². The van der Waals surface area contributed by atoms with Crippen LogP contribution < -0.4 is 0 Å². The summed E-state index contributed by atoms with van der Waals surface area (Å²) in [6.45, 7) is 8.71. The molecule has 0 spiro atoms. The zero-order chi connectivity index (χ0) is 16.2. The van der Waals surface area contributed by atoms with Gasteiger partial charge in [-0.25, -0.2) is 0 Å². The predicted octanol–water partition coefficient (Wildman–Crippen LogP) is 5.19. The number of benzene rings is 2. The van der Waals surface area contributed by atoms with Gasteiger partial charge in [-0.05, 0) is 42.0 Å². The lowest BCUT2D eigenvalue weighted by Crippen LogP contribution is -2.12. The van der Waals surface area contributed by atoms with Crippen LogP contribution in [0.1, 0.15) is 37.5 Å². The normalized spacial score (nSPS) is 12.9. The summed E-state index contributed by atoms with van der Waals surface area (Å²) >= 11 is 1.63. The molecule has 2 aromatic carbocycles. The van der Waals surface area contributed by atoms with Crippen molar-refractivity contribution in [3.05, 3.63) is 65.2 Å². The van der Waals surface area contributed by atoms with Crippen molar-refractivity contribution in [3.8, 4) is 0 Å². The number of aryl methyl sites for hydroxylation is 1. The van der Waals surface area contributed by atoms with Gasteiger partial charge in [-0.1, -0.05) is 62.7 Å². The maximum absolute atomic E-state index is 11.4. The lowest BCUT2D eigenvalue weighted by Gasteiger charge is -2.19. The molecule has 0 saturated carbocycles. The summed E-state index contributed by atoms with van der Waals surface area (Å²) in [6.07, 6.45) is 1.83. The molecule has 2 heteroatoms. The van der Waals surface area contributed by atoms with Crippen molar-refractivity contribution in [1.82, 2.24) is 0 Å². The van der Waals surface area contributed by atoms with E-state index in [4.69, 9.17) is 0 Å². The van der Waals surface area contributed by atoms with E-state index in [-0.39, 0.29) is 10.7 Å². The van der Waals surface area contributed by atoms with Crippen LogP contribution in [0.15, 0.2) is 53.4 Å². The summed E-state index contributed by atoms with van der Waals surface area (Å²) in [7, 11) is 0. The standard InChI is InChI=1S/C20H24OS/c1-15-5-11-18(12-6-15)22-19(14-21)13-16-7-9-17(10-8-16)20(2,3)4/h5-12,14,19H,13H2,1-4H3. The van der Waals surface area contributed by atoms with Gasteiger partial charge in [0.1, 0.15) is 6.29 Å². The Labute approximate surface area is 138 Å². The van der Waals surface area contributed by atoms with E-state index in [0.29, 0.717) is 0 Å². The SMILES string of the molecule is Cc1ccc(SC(C=O)Cc2ccc(C(C)(C)C)cc2)cc1. The first-order chi connectivity index (χ1) is 10.4. The van der Waals surface area contributed by atoms with Crippen molar-refractivity contribution >= 4 is 18.0 Å². The molecule has 1 unspecified atom stereocenters. The highest BCUT2D eigenvalue weighted by molar-refractivity contribution is 8.00. The maximum atomic E-state index is 11.4. The van der Waals surface area contributed by atoms with Gasteiger partial charge in [0.2, 0.25) is 0 Å². The minimum Gasteiger partial charge on any atom is -0.302 e. The molecule has 116 valence electrons. The molecule has 0 aliphatic heterocycles. The molecule has 0 aliphatic rings. The summed E-state index contributed by atoms with van der Waals surface area (Å²) in [5, 5.41) is -0.0387. The van der Waals surface area contributed by atoms with E-state index >= 15 is 0 Å². The second-order valence-corrected chi connectivity index (χ2v) is 8.07. The Morgan fingerprint density at radius 3 is 2.09 bits per heavy atom. The molecule has 1 nitrogen and oxygen atoms in total. The molecule has 0 fully saturated rings. The van der Waals surface area contributed by atoms with Crippen LogP contribution in [-0.2, 0) is 16.6 Å². The van der Waals surface area contributed by atoms with Crippen molar-refractivity contribution in [1.29, 1.82) is 0 Å². The Kier molecular flexibility index (Phi) is 5.47. The number of thioether (sulfide) groups is 1. The molecule has 0 N–H and O–H groups in total. The molecule has 2 rings (SSSR count). The first-order valence-corrected chi connectivity index (χ1v) is 8.54. The molecule has 0 aliphatic carbocycles. The van der Waals surface area contributed by atoms with Crippen LogP contribution in [-0.4, -0.2) is 11.5 Å². The van der Waals surface area contributed by atoms with E-state index < -0.39 is 0 Å². The minimum absolute atomic E-state index is 0.0387. The van der Waals surface area contributed by atoms with Gasteiger partial charge in [0.15, 0.2) is 0 Å². The lowest BCUT2D eigenvalue weighted by atomic mass is 9.86. The summed E-state index contributed by atoms with van der Waals surface area (Å²) in [5.41, 5.74) is 3.94. The van der Waals surface area contributed by atoms with Gasteiger partial charge in [0, 0.05) is 4.90 Å². The van der Waals surface area contributed by atoms with Crippen LogP contribution >= 0.6 is 11.8 Å². The highest BCUT2D eigenvalue weighted by Gasteiger charge is 2.14. The van der Waals surface area contributed by atoms with Gasteiger partial charge < -0.3 is 4.79 Å². The minimum atomic E-state index is -0.0387. The molecular formula is C20H24OS. The van der Waals surface area contributed by atoms with Crippen LogP contribution in [0.4, 0.5) is 0 Å². The summed E-state index contributed by atoms with van der Waals surface area (Å²) in [6, 6.07) is 17.0. The summed E-state index contributed by atoms with van der Waals surface area (Å²) < 4.78 is 0. The number of hydrogen-bond acceptors (Lipinski definition) is 2. The fourth-order valence-electron chi connectivity index (χ4n) is 2.28. The van der Waals surface area contributed by atoms with E-state index in [1.165, 1.54) is 16.7 Å². The van der Waals surface area contributed by atoms with Crippen LogP contribution in [0, 0.1) is 6.92 Å². The first kappa shape index (κ1) is 16.8. The van der Waals surface area contributed by atoms with Crippen LogP contribution in [0.5, 0.6) is 0 Å². The number of hydrogen-bond donors (Lipinski definition) is 0. The molecule has 22 heavy (non-hydrogen) atoms. The molecule has 0 aromatic heterocycles. The molecule has 0 radical (unpaired) electrons. The van der Waals surface area contributed by atoms with E-state index in [1.54, 1.807) is 11.8 Å². The van der Waals surface area contributed by atoms with E-state index in [1.807, 2.05) is 0 Å². The third-order valence-corrected chi connectivity index (χ3v) is 4.84. The van der Waals surface area contributed by atoms with Crippen molar-refractivity contribution in [2.24, 2.45) is 0 Å². The van der Waals surface area contributed by atoms with Gasteiger partial charge in [0.25, 0.3) is 0 Å². The molecule has 0 saturated heterocycles. The van der Waals surface area contributed by atoms with Crippen LogP contribution in [0.2, 0.25) is 0 Å². The number of carbonyl (C=O) groups is 1. The Hall–Kier alpha value is -1.54. The van der Waals surface area contributed by atoms with Crippen molar-refractivity contribution in [3.63, 3.8) is 0 Å². The highest BCUT2D eigenvalue weighted by Crippen LogP contribution is 2.26. The third kappa shape index (κ3) is 4.74. The Bertz CT molecular complexity index is 606. The van der Waals surface area contributed by atoms with E-state index in [9.17, 15) is 4.79 Å². The Morgan fingerprint density at radius 1 is 1.00 bits per heavy atom. The second kappa shape index (κ2) is 7.15. The zero-order valence-corrected chi connectivity index (χ0v) is 14.6. The quantitative estimate of drug-likeness (QED) is 0.558. The van der Waals surface area contributed by atoms with Crippen LogP contribution in [0.25, 0.3) is 0 Å². The number of rotatable bonds is 5. The largest absolute Gasteiger partial charge is 0.302 e. The summed E-state index contributed by atoms with van der Waals surface area (Å²) in [4.78, 5) is 12.5. The van der Waals surface area contributed by atoms with E-state index in [0.717, 1.165) is 17.6 Å². The molecule has 2 aromatic rings. The van der Waals surface area contributed by atoms with Crippen molar-refractivity contribution in [2.45, 2.75) is 49.7 Å². The molecule has 0 amide bonds. The van der Waals surface area contributed by atoms with E-state index in [2.05, 4.69) is 76.2 Å². The fourth-order valence-corrected chi connectivity index (χ4v) is 3.26. The lowest BCUT2D eigenvalue weighted by molar-refractivity contribution is -0.107. The molecule has 0 heterocycles. The van der Waals surface area contributed by atoms with Gasteiger partial charge in [-0.2, -0.15) is 0 Å². The van der Waals surface area contributed by atoms with Gasteiger partial charge in [-0.3, -0.25) is 0 Å². The topological polar surface area (TPSA) is 17.1 Å².